The van der Waals surface area contributed by atoms with E-state index in [0.717, 1.165) is 38.9 Å². The zero-order valence-electron chi connectivity index (χ0n) is 12.6. The fraction of sp³-hybridized carbons (Fsp3) is 0.611. The summed E-state index contributed by atoms with van der Waals surface area (Å²) < 4.78 is 0. The van der Waals surface area contributed by atoms with Crippen LogP contribution in [0.1, 0.15) is 30.4 Å². The summed E-state index contributed by atoms with van der Waals surface area (Å²) in [6, 6.07) is 9.17. The molecule has 3 atom stereocenters. The number of carbonyl (C=O) groups is 1. The second-order valence-electron chi connectivity index (χ2n) is 6.91. The van der Waals surface area contributed by atoms with Crippen molar-refractivity contribution in [1.82, 2.24) is 10.2 Å². The van der Waals surface area contributed by atoms with Gasteiger partial charge in [-0.25, -0.2) is 0 Å². The summed E-state index contributed by atoms with van der Waals surface area (Å²) in [5.41, 5.74) is 2.83. The van der Waals surface area contributed by atoms with Gasteiger partial charge < -0.3 is 10.2 Å². The molecule has 0 bridgehead atoms. The van der Waals surface area contributed by atoms with Gasteiger partial charge >= 0.3 is 0 Å². The van der Waals surface area contributed by atoms with E-state index in [-0.39, 0.29) is 5.92 Å². The smallest absolute Gasteiger partial charge is 0.226 e. The zero-order valence-corrected chi connectivity index (χ0v) is 12.6. The van der Waals surface area contributed by atoms with Gasteiger partial charge in [-0.3, -0.25) is 4.79 Å². The number of rotatable bonds is 1. The molecular weight excluding hydrogens is 260 g/mol. The van der Waals surface area contributed by atoms with Crippen LogP contribution < -0.4 is 5.32 Å². The van der Waals surface area contributed by atoms with Crippen molar-refractivity contribution in [3.8, 4) is 0 Å². The van der Waals surface area contributed by atoms with Gasteiger partial charge in [-0.15, -0.1) is 0 Å². The maximum absolute atomic E-state index is 12.9. The summed E-state index contributed by atoms with van der Waals surface area (Å²) in [6.45, 7) is 3.04. The Bertz CT molecular complexity index is 528. The molecule has 112 valence electrons. The van der Waals surface area contributed by atoms with Crippen molar-refractivity contribution in [3.63, 3.8) is 0 Å². The maximum atomic E-state index is 12.9. The van der Waals surface area contributed by atoms with Crippen LogP contribution in [0, 0.1) is 11.8 Å². The van der Waals surface area contributed by atoms with Crippen LogP contribution in [-0.4, -0.2) is 36.5 Å². The van der Waals surface area contributed by atoms with Gasteiger partial charge in [-0.05, 0) is 55.7 Å². The molecule has 1 aromatic rings. The lowest BCUT2D eigenvalue weighted by atomic mass is 9.83. The molecule has 0 aromatic heterocycles. The van der Waals surface area contributed by atoms with E-state index in [1.54, 1.807) is 0 Å². The molecule has 3 unspecified atom stereocenters. The molecule has 0 radical (unpaired) electrons. The molecule has 1 amide bonds. The molecule has 3 aliphatic rings. The first kappa shape index (κ1) is 13.3. The van der Waals surface area contributed by atoms with E-state index in [0.29, 0.717) is 17.9 Å². The highest BCUT2D eigenvalue weighted by Gasteiger charge is 2.38. The van der Waals surface area contributed by atoms with Gasteiger partial charge in [0, 0.05) is 25.0 Å². The van der Waals surface area contributed by atoms with Gasteiger partial charge in [0.15, 0.2) is 0 Å². The molecule has 3 nitrogen and oxygen atoms in total. The Hall–Kier alpha value is -1.35. The highest BCUT2D eigenvalue weighted by atomic mass is 16.2. The first-order chi connectivity index (χ1) is 10.3. The van der Waals surface area contributed by atoms with Gasteiger partial charge in [0.2, 0.25) is 5.91 Å². The number of carbonyl (C=O) groups excluding carboxylic acids is 1. The quantitative estimate of drug-likeness (QED) is 0.855. The van der Waals surface area contributed by atoms with Gasteiger partial charge in [0.1, 0.15) is 0 Å². The average molecular weight is 284 g/mol. The maximum Gasteiger partial charge on any atom is 0.226 e. The molecule has 2 fully saturated rings. The molecule has 4 rings (SSSR count). The lowest BCUT2D eigenvalue weighted by Gasteiger charge is -2.28. The predicted molar refractivity (Wildman–Crippen MR) is 83.1 cm³/mol. The van der Waals surface area contributed by atoms with Crippen molar-refractivity contribution in [2.24, 2.45) is 11.8 Å². The number of benzene rings is 1. The molecular formula is C18H24N2O. The first-order valence-corrected chi connectivity index (χ1v) is 8.40. The van der Waals surface area contributed by atoms with Crippen molar-refractivity contribution < 1.29 is 4.79 Å². The SMILES string of the molecule is O=C(C1CCc2ccccc2C1)N1CC2CCCNC2C1. The zero-order chi connectivity index (χ0) is 14.2. The van der Waals surface area contributed by atoms with Crippen LogP contribution in [0.5, 0.6) is 0 Å². The van der Waals surface area contributed by atoms with E-state index in [1.807, 2.05) is 0 Å². The van der Waals surface area contributed by atoms with Gasteiger partial charge in [-0.1, -0.05) is 24.3 Å². The number of aryl methyl sites for hydroxylation is 1. The summed E-state index contributed by atoms with van der Waals surface area (Å²) in [7, 11) is 0. The first-order valence-electron chi connectivity index (χ1n) is 8.40. The Morgan fingerprint density at radius 2 is 2.00 bits per heavy atom. The molecule has 3 heteroatoms. The van der Waals surface area contributed by atoms with Gasteiger partial charge in [0.05, 0.1) is 0 Å². The molecule has 2 heterocycles. The molecule has 0 saturated carbocycles. The summed E-state index contributed by atoms with van der Waals surface area (Å²) >= 11 is 0. The van der Waals surface area contributed by atoms with Gasteiger partial charge in [-0.2, -0.15) is 0 Å². The second-order valence-corrected chi connectivity index (χ2v) is 6.91. The lowest BCUT2D eigenvalue weighted by Crippen LogP contribution is -2.41. The van der Waals surface area contributed by atoms with Crippen molar-refractivity contribution in [2.45, 2.75) is 38.1 Å². The van der Waals surface area contributed by atoms with E-state index < -0.39 is 0 Å². The van der Waals surface area contributed by atoms with Crippen molar-refractivity contribution in [3.05, 3.63) is 35.4 Å². The van der Waals surface area contributed by atoms with Crippen molar-refractivity contribution in [1.29, 1.82) is 0 Å². The van der Waals surface area contributed by atoms with Crippen molar-refractivity contribution in [2.75, 3.05) is 19.6 Å². The third-order valence-electron chi connectivity index (χ3n) is 5.61. The van der Waals surface area contributed by atoms with Crippen LogP contribution in [0.3, 0.4) is 0 Å². The molecule has 21 heavy (non-hydrogen) atoms. The standard InChI is InChI=1S/C18H24N2O/c21-18(20-11-16-6-3-9-19-17(16)12-20)15-8-7-13-4-1-2-5-14(13)10-15/h1-2,4-5,15-17,19H,3,6-12H2. The number of fused-ring (bicyclic) bond motifs is 2. The fourth-order valence-corrected chi connectivity index (χ4v) is 4.39. The topological polar surface area (TPSA) is 32.3 Å². The normalized spacial score (nSPS) is 31.6. The van der Waals surface area contributed by atoms with Gasteiger partial charge in [0.25, 0.3) is 0 Å². The highest BCUT2D eigenvalue weighted by Crippen LogP contribution is 2.30. The number of hydrogen-bond donors (Lipinski definition) is 1. The van der Waals surface area contributed by atoms with Crippen LogP contribution in [0.15, 0.2) is 24.3 Å². The Labute approximate surface area is 126 Å². The van der Waals surface area contributed by atoms with Crippen LogP contribution in [0.2, 0.25) is 0 Å². The van der Waals surface area contributed by atoms with E-state index in [1.165, 1.54) is 24.0 Å². The largest absolute Gasteiger partial charge is 0.341 e. The van der Waals surface area contributed by atoms with Crippen molar-refractivity contribution >= 4 is 5.91 Å². The fourth-order valence-electron chi connectivity index (χ4n) is 4.39. The highest BCUT2D eigenvalue weighted by molar-refractivity contribution is 5.80. The average Bonchev–Trinajstić information content (AvgIpc) is 2.97. The Balaban J connectivity index is 1.44. The Morgan fingerprint density at radius 3 is 2.86 bits per heavy atom. The van der Waals surface area contributed by atoms with E-state index in [4.69, 9.17) is 0 Å². The van der Waals surface area contributed by atoms with Crippen LogP contribution in [0.4, 0.5) is 0 Å². The Morgan fingerprint density at radius 1 is 1.14 bits per heavy atom. The number of nitrogens with zero attached hydrogens (tertiary/aromatic N) is 1. The van der Waals surface area contributed by atoms with E-state index in [2.05, 4.69) is 34.5 Å². The number of hydrogen-bond acceptors (Lipinski definition) is 2. The predicted octanol–water partition coefficient (Wildman–Crippen LogP) is 2.00. The van der Waals surface area contributed by atoms with Crippen LogP contribution in [-0.2, 0) is 17.6 Å². The third-order valence-corrected chi connectivity index (χ3v) is 5.61. The molecule has 1 aliphatic carbocycles. The molecule has 1 N–H and O–H groups in total. The molecule has 0 spiro atoms. The number of amides is 1. The number of likely N-dealkylation sites (tertiary alicyclic amines) is 1. The third kappa shape index (κ3) is 2.48. The summed E-state index contributed by atoms with van der Waals surface area (Å²) in [6.07, 6.45) is 5.57. The molecule has 2 aliphatic heterocycles. The minimum Gasteiger partial charge on any atom is -0.341 e. The lowest BCUT2D eigenvalue weighted by molar-refractivity contribution is -0.135. The van der Waals surface area contributed by atoms with E-state index >= 15 is 0 Å². The monoisotopic (exact) mass is 284 g/mol. The number of nitrogens with one attached hydrogen (secondary N) is 1. The summed E-state index contributed by atoms with van der Waals surface area (Å²) in [5, 5.41) is 3.59. The minimum absolute atomic E-state index is 0.208. The molecule has 1 aromatic carbocycles. The number of piperidine rings is 1. The second kappa shape index (κ2) is 5.45. The van der Waals surface area contributed by atoms with Crippen LogP contribution in [0.25, 0.3) is 0 Å². The van der Waals surface area contributed by atoms with E-state index in [9.17, 15) is 4.79 Å². The molecule has 2 saturated heterocycles. The minimum atomic E-state index is 0.208. The summed E-state index contributed by atoms with van der Waals surface area (Å²) in [5.74, 6) is 1.30. The Kier molecular flexibility index (Phi) is 3.46. The van der Waals surface area contributed by atoms with Crippen LogP contribution >= 0.6 is 0 Å². The summed E-state index contributed by atoms with van der Waals surface area (Å²) in [4.78, 5) is 15.0.